The Morgan fingerprint density at radius 1 is 1.27 bits per heavy atom. The molecule has 7 nitrogen and oxygen atoms in total. The molecular formula is C18H27ClN2O5. The highest BCUT2D eigenvalue weighted by Gasteiger charge is 2.26. The molecule has 1 amide bonds. The van der Waals surface area contributed by atoms with E-state index in [4.69, 9.17) is 16.3 Å². The predicted octanol–water partition coefficient (Wildman–Crippen LogP) is 2.15. The maximum Gasteiger partial charge on any atom is 0.407 e. The van der Waals surface area contributed by atoms with Gasteiger partial charge in [0.05, 0.1) is 6.61 Å². The van der Waals surface area contributed by atoms with Crippen molar-refractivity contribution in [1.29, 1.82) is 0 Å². The van der Waals surface area contributed by atoms with Crippen LogP contribution in [-0.2, 0) is 16.0 Å². The number of nitrogens with zero attached hydrogens (tertiary/aromatic N) is 1. The van der Waals surface area contributed by atoms with Crippen LogP contribution in [0.2, 0.25) is 5.02 Å². The number of rotatable bonds is 8. The van der Waals surface area contributed by atoms with E-state index in [2.05, 4.69) is 5.32 Å². The Kier molecular flexibility index (Phi) is 8.33. The fourth-order valence-corrected chi connectivity index (χ4v) is 2.55. The third-order valence-electron chi connectivity index (χ3n) is 3.61. The van der Waals surface area contributed by atoms with Crippen molar-refractivity contribution in [2.45, 2.75) is 44.9 Å². The van der Waals surface area contributed by atoms with Gasteiger partial charge in [0.1, 0.15) is 11.6 Å². The van der Waals surface area contributed by atoms with Gasteiger partial charge in [0.25, 0.3) is 0 Å². The Bertz CT molecular complexity index is 601. The van der Waals surface area contributed by atoms with Crippen LogP contribution in [0.3, 0.4) is 0 Å². The molecule has 0 aromatic heterocycles. The van der Waals surface area contributed by atoms with Crippen LogP contribution in [0.15, 0.2) is 24.3 Å². The maximum absolute atomic E-state index is 12.1. The van der Waals surface area contributed by atoms with Crippen LogP contribution in [0, 0.1) is 0 Å². The SMILES string of the molecule is CN(C[C@H](Cc1ccc(Cl)cc1)NC(=O)OC(C)(C)C)[C@@H](CO)C(=O)O. The number of carboxylic acids is 1. The molecule has 1 rings (SSSR count). The van der Waals surface area contributed by atoms with Crippen molar-refractivity contribution in [2.24, 2.45) is 0 Å². The number of benzene rings is 1. The van der Waals surface area contributed by atoms with Gasteiger partial charge < -0.3 is 20.3 Å². The van der Waals surface area contributed by atoms with Gasteiger partial charge in [-0.1, -0.05) is 23.7 Å². The molecule has 0 unspecified atom stereocenters. The second-order valence-electron chi connectivity index (χ2n) is 7.15. The summed E-state index contributed by atoms with van der Waals surface area (Å²) < 4.78 is 5.29. The van der Waals surface area contributed by atoms with E-state index in [-0.39, 0.29) is 6.54 Å². The van der Waals surface area contributed by atoms with Gasteiger partial charge >= 0.3 is 12.1 Å². The quantitative estimate of drug-likeness (QED) is 0.633. The number of likely N-dealkylation sites (N-methyl/N-ethyl adjacent to an activating group) is 1. The van der Waals surface area contributed by atoms with Crippen molar-refractivity contribution >= 4 is 23.7 Å². The smallest absolute Gasteiger partial charge is 0.407 e. The van der Waals surface area contributed by atoms with Gasteiger partial charge in [-0.05, 0) is 51.9 Å². The molecule has 0 bridgehead atoms. The Morgan fingerprint density at radius 2 is 1.85 bits per heavy atom. The molecule has 146 valence electrons. The number of aliphatic carboxylic acids is 1. The van der Waals surface area contributed by atoms with Crippen molar-refractivity contribution in [3.05, 3.63) is 34.9 Å². The number of carbonyl (C=O) groups is 2. The largest absolute Gasteiger partial charge is 0.480 e. The molecule has 0 aliphatic heterocycles. The average molecular weight is 387 g/mol. The lowest BCUT2D eigenvalue weighted by Crippen LogP contribution is -2.50. The van der Waals surface area contributed by atoms with Gasteiger partial charge in [0.2, 0.25) is 0 Å². The zero-order chi connectivity index (χ0) is 19.9. The highest BCUT2D eigenvalue weighted by Crippen LogP contribution is 2.13. The maximum atomic E-state index is 12.1. The van der Waals surface area contributed by atoms with E-state index < -0.39 is 36.4 Å². The summed E-state index contributed by atoms with van der Waals surface area (Å²) in [5.74, 6) is -1.13. The van der Waals surface area contributed by atoms with Gasteiger partial charge in [-0.15, -0.1) is 0 Å². The normalized spacial score (nSPS) is 14.0. The third-order valence-corrected chi connectivity index (χ3v) is 3.87. The first-order chi connectivity index (χ1) is 12.0. The molecule has 0 fully saturated rings. The number of amides is 1. The molecule has 0 aliphatic rings. The van der Waals surface area contributed by atoms with Crippen LogP contribution < -0.4 is 5.32 Å². The molecule has 0 aliphatic carbocycles. The van der Waals surface area contributed by atoms with E-state index in [1.807, 2.05) is 12.1 Å². The van der Waals surface area contributed by atoms with E-state index in [1.54, 1.807) is 40.0 Å². The first-order valence-electron chi connectivity index (χ1n) is 8.29. The molecule has 0 heterocycles. The number of alkyl carbamates (subject to hydrolysis) is 1. The third kappa shape index (κ3) is 8.03. The average Bonchev–Trinajstić information content (AvgIpc) is 2.47. The number of nitrogens with one attached hydrogen (secondary N) is 1. The summed E-state index contributed by atoms with van der Waals surface area (Å²) in [5, 5.41) is 21.8. The number of aliphatic hydroxyl groups is 1. The lowest BCUT2D eigenvalue weighted by molar-refractivity contribution is -0.144. The number of halogens is 1. The number of hydrogen-bond donors (Lipinski definition) is 3. The van der Waals surface area contributed by atoms with Gasteiger partial charge in [-0.25, -0.2) is 4.79 Å². The van der Waals surface area contributed by atoms with E-state index in [0.29, 0.717) is 11.4 Å². The second kappa shape index (κ2) is 9.75. The summed E-state index contributed by atoms with van der Waals surface area (Å²) >= 11 is 5.89. The van der Waals surface area contributed by atoms with Crippen LogP contribution in [0.5, 0.6) is 0 Å². The molecule has 1 aromatic carbocycles. The van der Waals surface area contributed by atoms with Crippen LogP contribution in [0.25, 0.3) is 0 Å². The van der Waals surface area contributed by atoms with Crippen molar-refractivity contribution in [1.82, 2.24) is 10.2 Å². The summed E-state index contributed by atoms with van der Waals surface area (Å²) in [6, 6.07) is 5.71. The highest BCUT2D eigenvalue weighted by atomic mass is 35.5. The van der Waals surface area contributed by atoms with Crippen molar-refractivity contribution in [3.8, 4) is 0 Å². The summed E-state index contributed by atoms with van der Waals surface area (Å²) in [4.78, 5) is 24.8. The van der Waals surface area contributed by atoms with E-state index >= 15 is 0 Å². The molecule has 0 spiro atoms. The molecule has 8 heteroatoms. The standard InChI is InChI=1S/C18H27ClN2O5/c1-18(2,3)26-17(25)20-14(9-12-5-7-13(19)8-6-12)10-21(4)15(11-22)16(23)24/h5-8,14-15,22H,9-11H2,1-4H3,(H,20,25)(H,23,24)/t14-,15-/m0/s1. The molecule has 0 radical (unpaired) electrons. The van der Waals surface area contributed by atoms with E-state index in [0.717, 1.165) is 5.56 Å². The number of carbonyl (C=O) groups excluding carboxylic acids is 1. The van der Waals surface area contributed by atoms with Gasteiger partial charge in [0, 0.05) is 17.6 Å². The van der Waals surface area contributed by atoms with Gasteiger partial charge in [-0.2, -0.15) is 0 Å². The number of ether oxygens (including phenoxy) is 1. The minimum atomic E-state index is -1.13. The van der Waals surface area contributed by atoms with Crippen LogP contribution in [0.1, 0.15) is 26.3 Å². The summed E-state index contributed by atoms with van der Waals surface area (Å²) in [6.07, 6.45) is -0.126. The Hall–Kier alpha value is -1.83. The monoisotopic (exact) mass is 386 g/mol. The predicted molar refractivity (Wildman–Crippen MR) is 99.5 cm³/mol. The number of aliphatic hydroxyl groups excluding tert-OH is 1. The zero-order valence-corrected chi connectivity index (χ0v) is 16.3. The molecule has 0 saturated carbocycles. The van der Waals surface area contributed by atoms with E-state index in [1.165, 1.54) is 4.90 Å². The fourth-order valence-electron chi connectivity index (χ4n) is 2.42. The summed E-state index contributed by atoms with van der Waals surface area (Å²) in [5.41, 5.74) is 0.287. The van der Waals surface area contributed by atoms with Crippen LogP contribution in [0.4, 0.5) is 4.79 Å². The summed E-state index contributed by atoms with van der Waals surface area (Å²) in [7, 11) is 1.58. The summed E-state index contributed by atoms with van der Waals surface area (Å²) in [6.45, 7) is 4.99. The minimum absolute atomic E-state index is 0.222. The lowest BCUT2D eigenvalue weighted by atomic mass is 10.0. The molecule has 2 atom stereocenters. The Labute approximate surface area is 158 Å². The van der Waals surface area contributed by atoms with Gasteiger partial charge in [0.15, 0.2) is 0 Å². The molecular weight excluding hydrogens is 360 g/mol. The van der Waals surface area contributed by atoms with E-state index in [9.17, 15) is 19.8 Å². The van der Waals surface area contributed by atoms with Crippen LogP contribution in [-0.4, -0.2) is 65.1 Å². The Morgan fingerprint density at radius 3 is 2.31 bits per heavy atom. The molecule has 0 saturated heterocycles. The van der Waals surface area contributed by atoms with Crippen LogP contribution >= 0.6 is 11.6 Å². The fraction of sp³-hybridized carbons (Fsp3) is 0.556. The number of carboxylic acid groups (broad SMARTS) is 1. The Balaban J connectivity index is 2.87. The topological polar surface area (TPSA) is 99.1 Å². The first-order valence-corrected chi connectivity index (χ1v) is 8.67. The molecule has 1 aromatic rings. The highest BCUT2D eigenvalue weighted by molar-refractivity contribution is 6.30. The van der Waals surface area contributed by atoms with Crippen molar-refractivity contribution < 1.29 is 24.5 Å². The lowest BCUT2D eigenvalue weighted by Gasteiger charge is -2.29. The molecule has 3 N–H and O–H groups in total. The van der Waals surface area contributed by atoms with Crippen molar-refractivity contribution in [2.75, 3.05) is 20.2 Å². The van der Waals surface area contributed by atoms with Gasteiger partial charge in [-0.3, -0.25) is 9.69 Å². The molecule has 26 heavy (non-hydrogen) atoms. The second-order valence-corrected chi connectivity index (χ2v) is 7.59. The van der Waals surface area contributed by atoms with Crippen molar-refractivity contribution in [3.63, 3.8) is 0 Å². The minimum Gasteiger partial charge on any atom is -0.480 e. The number of hydrogen-bond acceptors (Lipinski definition) is 5. The zero-order valence-electron chi connectivity index (χ0n) is 15.5. The first kappa shape index (κ1) is 22.2.